The molecule has 3 amide bonds. The molecule has 1 heterocycles. The lowest BCUT2D eigenvalue weighted by atomic mass is 9.94. The quantitative estimate of drug-likeness (QED) is 0.654. The molecular formula is C24H27N3O4. The second-order valence-electron chi connectivity index (χ2n) is 7.32. The van der Waals surface area contributed by atoms with Crippen LogP contribution in [0.1, 0.15) is 48.7 Å². The highest BCUT2D eigenvalue weighted by molar-refractivity contribution is 6.04. The summed E-state index contributed by atoms with van der Waals surface area (Å²) in [5, 5.41) is 5.76. The Hall–Kier alpha value is -3.61. The van der Waals surface area contributed by atoms with E-state index in [0.29, 0.717) is 29.1 Å². The molecule has 1 aliphatic rings. The predicted octanol–water partition coefficient (Wildman–Crippen LogP) is 4.25. The number of allylic oxidation sites excluding steroid dienone is 1. The first kappa shape index (κ1) is 22.1. The monoisotopic (exact) mass is 421 g/mol. The molecule has 2 aromatic rings. The van der Waals surface area contributed by atoms with Crippen LogP contribution in [0.25, 0.3) is 0 Å². The fourth-order valence-corrected chi connectivity index (χ4v) is 3.54. The van der Waals surface area contributed by atoms with Crippen LogP contribution in [-0.4, -0.2) is 36.5 Å². The first-order valence-electron chi connectivity index (χ1n) is 10.3. The van der Waals surface area contributed by atoms with Gasteiger partial charge in [-0.2, -0.15) is 0 Å². The van der Waals surface area contributed by atoms with E-state index in [-0.39, 0.29) is 11.9 Å². The van der Waals surface area contributed by atoms with E-state index < -0.39 is 12.0 Å². The van der Waals surface area contributed by atoms with Gasteiger partial charge in [0, 0.05) is 23.5 Å². The number of hydrogen-bond acceptors (Lipinski definition) is 4. The summed E-state index contributed by atoms with van der Waals surface area (Å²) in [6.07, 6.45) is 1.77. The van der Waals surface area contributed by atoms with Crippen molar-refractivity contribution >= 4 is 23.6 Å². The molecule has 0 aromatic heterocycles. The van der Waals surface area contributed by atoms with E-state index in [1.807, 2.05) is 13.0 Å². The molecular weight excluding hydrogens is 394 g/mol. The van der Waals surface area contributed by atoms with Gasteiger partial charge >= 0.3 is 12.0 Å². The molecule has 2 aromatic carbocycles. The summed E-state index contributed by atoms with van der Waals surface area (Å²) >= 11 is 0. The van der Waals surface area contributed by atoms with Crippen molar-refractivity contribution in [1.29, 1.82) is 0 Å². The van der Waals surface area contributed by atoms with E-state index in [1.165, 1.54) is 7.11 Å². The van der Waals surface area contributed by atoms with Crippen LogP contribution in [0.5, 0.6) is 0 Å². The standard InChI is InChI=1S/C24H27N3O4/c1-4-5-15-27-16(2)20(23(29)31-3)21(26-24(27)30)17-11-13-19(14-12-17)25-22(28)18-9-7-6-8-10-18/h6-14,21H,4-5,15H2,1-3H3,(H,25,28)(H,26,30)/t21-/m0/s1. The van der Waals surface area contributed by atoms with Gasteiger partial charge in [0.15, 0.2) is 0 Å². The number of nitrogens with zero attached hydrogens (tertiary/aromatic N) is 1. The van der Waals surface area contributed by atoms with Gasteiger partial charge in [-0.15, -0.1) is 0 Å². The van der Waals surface area contributed by atoms with E-state index >= 15 is 0 Å². The van der Waals surface area contributed by atoms with Gasteiger partial charge in [-0.05, 0) is 43.2 Å². The summed E-state index contributed by atoms with van der Waals surface area (Å²) in [7, 11) is 1.33. The summed E-state index contributed by atoms with van der Waals surface area (Å²) in [4.78, 5) is 39.2. The Balaban J connectivity index is 1.85. The van der Waals surface area contributed by atoms with Crippen LogP contribution >= 0.6 is 0 Å². The Morgan fingerprint density at radius 1 is 1.10 bits per heavy atom. The maximum atomic E-state index is 12.7. The summed E-state index contributed by atoms with van der Waals surface area (Å²) in [5.41, 5.74) is 2.89. The molecule has 0 unspecified atom stereocenters. The van der Waals surface area contributed by atoms with E-state index in [2.05, 4.69) is 10.6 Å². The molecule has 2 N–H and O–H groups in total. The Labute approximate surface area is 182 Å². The number of anilines is 1. The average Bonchev–Trinajstić information content (AvgIpc) is 2.79. The van der Waals surface area contributed by atoms with Crippen LogP contribution in [0.2, 0.25) is 0 Å². The first-order valence-corrected chi connectivity index (χ1v) is 10.3. The third-order valence-corrected chi connectivity index (χ3v) is 5.27. The van der Waals surface area contributed by atoms with Crippen molar-refractivity contribution in [1.82, 2.24) is 10.2 Å². The van der Waals surface area contributed by atoms with Crippen molar-refractivity contribution in [3.63, 3.8) is 0 Å². The highest BCUT2D eigenvalue weighted by atomic mass is 16.5. The summed E-state index contributed by atoms with van der Waals surface area (Å²) in [6.45, 7) is 4.34. The van der Waals surface area contributed by atoms with Gasteiger partial charge in [0.05, 0.1) is 18.7 Å². The molecule has 0 saturated carbocycles. The Bertz CT molecular complexity index is 984. The average molecular weight is 421 g/mol. The molecule has 3 rings (SSSR count). The van der Waals surface area contributed by atoms with Crippen molar-refractivity contribution in [2.24, 2.45) is 0 Å². The highest BCUT2D eigenvalue weighted by Crippen LogP contribution is 2.32. The second-order valence-corrected chi connectivity index (χ2v) is 7.32. The number of benzene rings is 2. The van der Waals surface area contributed by atoms with Gasteiger partial charge in [0.1, 0.15) is 0 Å². The fraction of sp³-hybridized carbons (Fsp3) is 0.292. The maximum Gasteiger partial charge on any atom is 0.337 e. The summed E-state index contributed by atoms with van der Waals surface area (Å²) in [6, 6.07) is 15.1. The number of amides is 3. The molecule has 7 nitrogen and oxygen atoms in total. The molecule has 0 fully saturated rings. The first-order chi connectivity index (χ1) is 15.0. The molecule has 162 valence electrons. The number of ether oxygens (including phenoxy) is 1. The lowest BCUT2D eigenvalue weighted by molar-refractivity contribution is -0.136. The zero-order chi connectivity index (χ0) is 22.4. The fourth-order valence-electron chi connectivity index (χ4n) is 3.54. The van der Waals surface area contributed by atoms with Gasteiger partial charge in [0.25, 0.3) is 5.91 Å². The van der Waals surface area contributed by atoms with Gasteiger partial charge in [0.2, 0.25) is 0 Å². The third-order valence-electron chi connectivity index (χ3n) is 5.27. The van der Waals surface area contributed by atoms with Crippen LogP contribution in [-0.2, 0) is 9.53 Å². The van der Waals surface area contributed by atoms with E-state index in [4.69, 9.17) is 4.74 Å². The number of unbranched alkanes of at least 4 members (excludes halogenated alkanes) is 1. The van der Waals surface area contributed by atoms with Crippen molar-refractivity contribution < 1.29 is 19.1 Å². The van der Waals surface area contributed by atoms with Crippen LogP contribution in [0.4, 0.5) is 10.5 Å². The number of rotatable bonds is 7. The number of carbonyl (C=O) groups is 3. The third kappa shape index (κ3) is 4.94. The normalized spacial score (nSPS) is 16.0. The topological polar surface area (TPSA) is 87.7 Å². The van der Waals surface area contributed by atoms with Crippen molar-refractivity contribution in [3.05, 3.63) is 77.0 Å². The van der Waals surface area contributed by atoms with Crippen LogP contribution in [0.15, 0.2) is 65.9 Å². The van der Waals surface area contributed by atoms with Gasteiger partial charge in [-0.1, -0.05) is 43.7 Å². The van der Waals surface area contributed by atoms with Crippen LogP contribution in [0, 0.1) is 0 Å². The van der Waals surface area contributed by atoms with Gasteiger partial charge < -0.3 is 15.4 Å². The molecule has 1 atom stereocenters. The number of hydrogen-bond donors (Lipinski definition) is 2. The number of carbonyl (C=O) groups excluding carboxylic acids is 3. The Morgan fingerprint density at radius 3 is 2.39 bits per heavy atom. The zero-order valence-electron chi connectivity index (χ0n) is 18.0. The van der Waals surface area contributed by atoms with E-state index in [9.17, 15) is 14.4 Å². The van der Waals surface area contributed by atoms with Gasteiger partial charge in [-0.25, -0.2) is 9.59 Å². The largest absolute Gasteiger partial charge is 0.466 e. The number of methoxy groups -OCH3 is 1. The minimum atomic E-state index is -0.628. The molecule has 0 bridgehead atoms. The molecule has 0 spiro atoms. The molecule has 0 saturated heterocycles. The summed E-state index contributed by atoms with van der Waals surface area (Å²) < 4.78 is 4.99. The minimum absolute atomic E-state index is 0.211. The van der Waals surface area contributed by atoms with E-state index in [1.54, 1.807) is 60.4 Å². The highest BCUT2D eigenvalue weighted by Gasteiger charge is 2.35. The summed E-state index contributed by atoms with van der Waals surface area (Å²) in [5.74, 6) is -0.692. The number of esters is 1. The maximum absolute atomic E-state index is 12.7. The number of nitrogens with one attached hydrogen (secondary N) is 2. The Morgan fingerprint density at radius 2 is 1.77 bits per heavy atom. The van der Waals surface area contributed by atoms with Crippen molar-refractivity contribution in [2.75, 3.05) is 19.0 Å². The molecule has 0 aliphatic carbocycles. The second kappa shape index (κ2) is 9.93. The van der Waals surface area contributed by atoms with Crippen molar-refractivity contribution in [3.8, 4) is 0 Å². The predicted molar refractivity (Wildman–Crippen MR) is 118 cm³/mol. The number of urea groups is 1. The van der Waals surface area contributed by atoms with E-state index in [0.717, 1.165) is 18.4 Å². The SMILES string of the molecule is CCCCN1C(=O)N[C@@H](c2ccc(NC(=O)c3ccccc3)cc2)C(C(=O)OC)=C1C. The smallest absolute Gasteiger partial charge is 0.337 e. The Kier molecular flexibility index (Phi) is 7.07. The van der Waals surface area contributed by atoms with Crippen LogP contribution in [0.3, 0.4) is 0 Å². The minimum Gasteiger partial charge on any atom is -0.466 e. The molecule has 0 radical (unpaired) electrons. The lowest BCUT2D eigenvalue weighted by Crippen LogP contribution is -2.48. The zero-order valence-corrected chi connectivity index (χ0v) is 18.0. The van der Waals surface area contributed by atoms with Crippen LogP contribution < -0.4 is 10.6 Å². The molecule has 7 heteroatoms. The lowest BCUT2D eigenvalue weighted by Gasteiger charge is -2.35. The van der Waals surface area contributed by atoms with Crippen molar-refractivity contribution in [2.45, 2.75) is 32.7 Å². The molecule has 1 aliphatic heterocycles. The molecule has 31 heavy (non-hydrogen) atoms. The van der Waals surface area contributed by atoms with Gasteiger partial charge in [-0.3, -0.25) is 9.69 Å².